The van der Waals surface area contributed by atoms with E-state index < -0.39 is 0 Å². The lowest BCUT2D eigenvalue weighted by Gasteiger charge is -2.35. The summed E-state index contributed by atoms with van der Waals surface area (Å²) in [5, 5.41) is 3.76. The van der Waals surface area contributed by atoms with Crippen molar-refractivity contribution in [3.05, 3.63) is 0 Å². The summed E-state index contributed by atoms with van der Waals surface area (Å²) in [5.41, 5.74) is 0. The van der Waals surface area contributed by atoms with Gasteiger partial charge in [-0.1, -0.05) is 19.8 Å². The van der Waals surface area contributed by atoms with Gasteiger partial charge in [0.1, 0.15) is 0 Å². The molecule has 1 aliphatic heterocycles. The molecule has 2 nitrogen and oxygen atoms in total. The highest BCUT2D eigenvalue weighted by atomic mass is 15.1. The summed E-state index contributed by atoms with van der Waals surface area (Å²) in [6.45, 7) is 9.88. The van der Waals surface area contributed by atoms with Crippen LogP contribution in [0.3, 0.4) is 0 Å². The third-order valence-corrected chi connectivity index (χ3v) is 4.83. The average Bonchev–Trinajstić information content (AvgIpc) is 3.20. The number of hydrogen-bond donors (Lipinski definition) is 1. The molecule has 1 heterocycles. The number of nitrogens with zero attached hydrogens (tertiary/aromatic N) is 1. The molecule has 0 spiro atoms. The highest BCUT2D eigenvalue weighted by molar-refractivity contribution is 4.80. The van der Waals surface area contributed by atoms with Gasteiger partial charge in [0.15, 0.2) is 0 Å². The lowest BCUT2D eigenvalue weighted by atomic mass is 9.90. The Kier molecular flexibility index (Phi) is 5.97. The van der Waals surface area contributed by atoms with E-state index in [2.05, 4.69) is 24.1 Å². The topological polar surface area (TPSA) is 15.3 Å². The second kappa shape index (κ2) is 7.49. The first-order valence-corrected chi connectivity index (χ1v) is 8.25. The minimum Gasteiger partial charge on any atom is -0.314 e. The van der Waals surface area contributed by atoms with Crippen LogP contribution in [0.5, 0.6) is 0 Å². The van der Waals surface area contributed by atoms with Crippen LogP contribution in [0.15, 0.2) is 0 Å². The lowest BCUT2D eigenvalue weighted by Crippen LogP contribution is -2.42. The van der Waals surface area contributed by atoms with Gasteiger partial charge in [-0.15, -0.1) is 0 Å². The summed E-state index contributed by atoms with van der Waals surface area (Å²) >= 11 is 0. The van der Waals surface area contributed by atoms with Crippen molar-refractivity contribution in [1.29, 1.82) is 0 Å². The maximum atomic E-state index is 3.76. The monoisotopic (exact) mass is 252 g/mol. The number of nitrogens with one attached hydrogen (secondary N) is 1. The summed E-state index contributed by atoms with van der Waals surface area (Å²) in [6, 6.07) is 0.730. The molecule has 2 fully saturated rings. The molecule has 0 aromatic carbocycles. The van der Waals surface area contributed by atoms with Gasteiger partial charge >= 0.3 is 0 Å². The third kappa shape index (κ3) is 4.89. The first-order valence-electron chi connectivity index (χ1n) is 8.25. The quantitative estimate of drug-likeness (QED) is 0.667. The molecule has 0 bridgehead atoms. The van der Waals surface area contributed by atoms with Crippen molar-refractivity contribution in [1.82, 2.24) is 10.2 Å². The summed E-state index contributed by atoms with van der Waals surface area (Å²) < 4.78 is 0. The van der Waals surface area contributed by atoms with E-state index in [1.165, 1.54) is 71.1 Å². The van der Waals surface area contributed by atoms with Gasteiger partial charge in [0.25, 0.3) is 0 Å². The molecule has 1 aliphatic carbocycles. The maximum Gasteiger partial charge on any atom is 0.00679 e. The van der Waals surface area contributed by atoms with Gasteiger partial charge in [0.2, 0.25) is 0 Å². The van der Waals surface area contributed by atoms with Crippen molar-refractivity contribution in [3.63, 3.8) is 0 Å². The van der Waals surface area contributed by atoms with E-state index >= 15 is 0 Å². The van der Waals surface area contributed by atoms with Crippen LogP contribution in [0.4, 0.5) is 0 Å². The predicted molar refractivity (Wildman–Crippen MR) is 78.9 cm³/mol. The maximum absolute atomic E-state index is 3.76. The molecular weight excluding hydrogens is 220 g/mol. The summed E-state index contributed by atoms with van der Waals surface area (Å²) in [5.74, 6) is 2.01. The first-order chi connectivity index (χ1) is 8.79. The zero-order valence-electron chi connectivity index (χ0n) is 12.5. The van der Waals surface area contributed by atoms with Crippen LogP contribution in [-0.4, -0.2) is 37.1 Å². The fourth-order valence-corrected chi connectivity index (χ4v) is 3.29. The molecule has 0 aromatic heterocycles. The van der Waals surface area contributed by atoms with Gasteiger partial charge in [0.05, 0.1) is 0 Å². The van der Waals surface area contributed by atoms with Crippen molar-refractivity contribution >= 4 is 0 Å². The number of hydrogen-bond acceptors (Lipinski definition) is 2. The summed E-state index contributed by atoms with van der Waals surface area (Å²) in [7, 11) is 0. The summed E-state index contributed by atoms with van der Waals surface area (Å²) in [4.78, 5) is 2.64. The van der Waals surface area contributed by atoms with Crippen LogP contribution < -0.4 is 5.32 Å². The summed E-state index contributed by atoms with van der Waals surface area (Å²) in [6.07, 6.45) is 9.97. The second-order valence-corrected chi connectivity index (χ2v) is 6.51. The largest absolute Gasteiger partial charge is 0.314 e. The minimum atomic E-state index is 0.730. The Morgan fingerprint density at radius 1 is 1.17 bits per heavy atom. The van der Waals surface area contributed by atoms with Crippen molar-refractivity contribution in [3.8, 4) is 0 Å². The van der Waals surface area contributed by atoms with Crippen LogP contribution >= 0.6 is 0 Å². The van der Waals surface area contributed by atoms with Crippen LogP contribution in [0.25, 0.3) is 0 Å². The van der Waals surface area contributed by atoms with Gasteiger partial charge in [-0.3, -0.25) is 0 Å². The van der Waals surface area contributed by atoms with Gasteiger partial charge in [0, 0.05) is 6.04 Å². The predicted octanol–water partition coefficient (Wildman–Crippen LogP) is 3.28. The van der Waals surface area contributed by atoms with E-state index in [4.69, 9.17) is 0 Å². The van der Waals surface area contributed by atoms with Crippen LogP contribution in [0.1, 0.15) is 58.8 Å². The molecular formula is C16H32N2. The Hall–Kier alpha value is -0.0800. The number of rotatable bonds is 8. The van der Waals surface area contributed by atoms with E-state index in [1.54, 1.807) is 0 Å². The zero-order valence-corrected chi connectivity index (χ0v) is 12.5. The Labute approximate surface area is 114 Å². The van der Waals surface area contributed by atoms with Gasteiger partial charge in [-0.2, -0.15) is 0 Å². The Bertz CT molecular complexity index is 217. The molecule has 1 N–H and O–H groups in total. The molecule has 0 amide bonds. The molecule has 0 radical (unpaired) electrons. The van der Waals surface area contributed by atoms with E-state index in [0.717, 1.165) is 17.9 Å². The molecule has 0 aromatic rings. The Morgan fingerprint density at radius 3 is 2.50 bits per heavy atom. The highest BCUT2D eigenvalue weighted by Gasteiger charge is 2.23. The number of likely N-dealkylation sites (tertiary alicyclic amines) is 1. The molecule has 1 saturated carbocycles. The van der Waals surface area contributed by atoms with Crippen molar-refractivity contribution < 1.29 is 0 Å². The van der Waals surface area contributed by atoms with E-state index in [0.29, 0.717) is 0 Å². The van der Waals surface area contributed by atoms with Crippen molar-refractivity contribution in [2.24, 2.45) is 11.8 Å². The second-order valence-electron chi connectivity index (χ2n) is 6.51. The molecule has 106 valence electrons. The van der Waals surface area contributed by atoms with Crippen molar-refractivity contribution in [2.45, 2.75) is 64.8 Å². The molecule has 18 heavy (non-hydrogen) atoms. The van der Waals surface area contributed by atoms with Gasteiger partial charge in [-0.25, -0.2) is 0 Å². The van der Waals surface area contributed by atoms with Gasteiger partial charge in [-0.05, 0) is 77.0 Å². The SMILES string of the molecule is CCCN1CCC(C(C)NCCCC2CC2)CC1. The van der Waals surface area contributed by atoms with Crippen molar-refractivity contribution in [2.75, 3.05) is 26.2 Å². The van der Waals surface area contributed by atoms with Gasteiger partial charge < -0.3 is 10.2 Å². The third-order valence-electron chi connectivity index (χ3n) is 4.83. The van der Waals surface area contributed by atoms with E-state index in [-0.39, 0.29) is 0 Å². The first kappa shape index (κ1) is 14.3. The molecule has 2 heteroatoms. The lowest BCUT2D eigenvalue weighted by molar-refractivity contribution is 0.162. The molecule has 1 saturated heterocycles. The Morgan fingerprint density at radius 2 is 1.89 bits per heavy atom. The average molecular weight is 252 g/mol. The van der Waals surface area contributed by atoms with E-state index in [1.807, 2.05) is 0 Å². The fourth-order valence-electron chi connectivity index (χ4n) is 3.29. The Balaban J connectivity index is 1.53. The molecule has 1 unspecified atom stereocenters. The standard InChI is InChI=1S/C16H32N2/c1-3-11-18-12-8-16(9-13-18)14(2)17-10-4-5-15-6-7-15/h14-17H,3-13H2,1-2H3. The minimum absolute atomic E-state index is 0.730. The van der Waals surface area contributed by atoms with Crippen LogP contribution in [-0.2, 0) is 0 Å². The van der Waals surface area contributed by atoms with E-state index in [9.17, 15) is 0 Å². The number of piperidine rings is 1. The normalized spacial score (nSPS) is 24.3. The molecule has 2 aliphatic rings. The van der Waals surface area contributed by atoms with Crippen LogP contribution in [0, 0.1) is 11.8 Å². The highest BCUT2D eigenvalue weighted by Crippen LogP contribution is 2.33. The molecule has 1 atom stereocenters. The molecule has 2 rings (SSSR count). The zero-order chi connectivity index (χ0) is 12.8. The smallest absolute Gasteiger partial charge is 0.00679 e. The fraction of sp³-hybridized carbons (Fsp3) is 1.00. The van der Waals surface area contributed by atoms with Crippen LogP contribution in [0.2, 0.25) is 0 Å².